The van der Waals surface area contributed by atoms with Gasteiger partial charge in [0, 0.05) is 11.1 Å². The van der Waals surface area contributed by atoms with E-state index in [4.69, 9.17) is 0 Å². The zero-order valence-corrected chi connectivity index (χ0v) is 11.1. The van der Waals surface area contributed by atoms with E-state index in [2.05, 4.69) is 18.0 Å². The van der Waals surface area contributed by atoms with Gasteiger partial charge >= 0.3 is 0 Å². The van der Waals surface area contributed by atoms with Crippen LogP contribution in [0.3, 0.4) is 0 Å². The fourth-order valence-corrected chi connectivity index (χ4v) is 3.63. The van der Waals surface area contributed by atoms with Gasteiger partial charge in [-0.05, 0) is 25.7 Å². The highest BCUT2D eigenvalue weighted by Crippen LogP contribution is 2.47. The summed E-state index contributed by atoms with van der Waals surface area (Å²) in [5.74, 6) is 0.513. The topological polar surface area (TPSA) is 56.9 Å². The van der Waals surface area contributed by atoms with Gasteiger partial charge in [0.1, 0.15) is 11.1 Å². The summed E-state index contributed by atoms with van der Waals surface area (Å²) in [6.45, 7) is 4.07. The minimum Gasteiger partial charge on any atom is -0.384 e. The SMILES string of the molecule is Cc1csc(C(O)C2(C#N)CCCC(C)C2)n1. The van der Waals surface area contributed by atoms with E-state index < -0.39 is 11.5 Å². The predicted molar refractivity (Wildman–Crippen MR) is 67.5 cm³/mol. The maximum atomic E-state index is 10.5. The first-order chi connectivity index (χ1) is 8.07. The molecule has 0 saturated heterocycles. The molecule has 1 N–H and O–H groups in total. The Morgan fingerprint density at radius 3 is 3.00 bits per heavy atom. The van der Waals surface area contributed by atoms with Crippen molar-refractivity contribution in [1.82, 2.24) is 4.98 Å². The fraction of sp³-hybridized carbons (Fsp3) is 0.692. The van der Waals surface area contributed by atoms with Crippen LogP contribution in [0.4, 0.5) is 0 Å². The Balaban J connectivity index is 2.26. The largest absolute Gasteiger partial charge is 0.384 e. The second-order valence-corrected chi connectivity index (χ2v) is 6.09. The molecule has 0 bridgehead atoms. The number of hydrogen-bond donors (Lipinski definition) is 1. The third-order valence-electron chi connectivity index (χ3n) is 3.65. The summed E-state index contributed by atoms with van der Waals surface area (Å²) in [6.07, 6.45) is 3.02. The molecule has 1 saturated carbocycles. The van der Waals surface area contributed by atoms with E-state index in [0.717, 1.165) is 31.4 Å². The lowest BCUT2D eigenvalue weighted by Gasteiger charge is -2.37. The number of aryl methyl sites for hydroxylation is 1. The van der Waals surface area contributed by atoms with Crippen molar-refractivity contribution in [1.29, 1.82) is 5.26 Å². The van der Waals surface area contributed by atoms with Gasteiger partial charge in [-0.1, -0.05) is 19.8 Å². The summed E-state index contributed by atoms with van der Waals surface area (Å²) in [5.41, 5.74) is 0.295. The molecular weight excluding hydrogens is 232 g/mol. The number of nitrogens with zero attached hydrogens (tertiary/aromatic N) is 2. The number of aliphatic hydroxyl groups excluding tert-OH is 1. The molecule has 0 aliphatic heterocycles. The lowest BCUT2D eigenvalue weighted by molar-refractivity contribution is 0.0217. The molecule has 1 heterocycles. The summed E-state index contributed by atoms with van der Waals surface area (Å²) < 4.78 is 0. The van der Waals surface area contributed by atoms with Crippen molar-refractivity contribution in [2.24, 2.45) is 11.3 Å². The molecule has 92 valence electrons. The molecule has 1 aromatic heterocycles. The minimum atomic E-state index is -0.728. The zero-order chi connectivity index (χ0) is 12.5. The van der Waals surface area contributed by atoms with Crippen LogP contribution >= 0.6 is 11.3 Å². The van der Waals surface area contributed by atoms with Gasteiger partial charge in [0.05, 0.1) is 11.5 Å². The maximum Gasteiger partial charge on any atom is 0.124 e. The van der Waals surface area contributed by atoms with Crippen molar-refractivity contribution >= 4 is 11.3 Å². The number of nitriles is 1. The van der Waals surface area contributed by atoms with E-state index >= 15 is 0 Å². The molecule has 1 aliphatic carbocycles. The number of hydrogen-bond acceptors (Lipinski definition) is 4. The molecule has 1 fully saturated rings. The summed E-state index contributed by atoms with van der Waals surface area (Å²) in [5, 5.41) is 22.5. The highest BCUT2D eigenvalue weighted by Gasteiger charge is 2.43. The van der Waals surface area contributed by atoms with Gasteiger partial charge in [-0.25, -0.2) is 4.98 Å². The quantitative estimate of drug-likeness (QED) is 0.876. The van der Waals surface area contributed by atoms with Crippen LogP contribution in [0.1, 0.15) is 49.4 Å². The molecule has 0 spiro atoms. The van der Waals surface area contributed by atoms with E-state index in [-0.39, 0.29) is 0 Å². The molecule has 1 aromatic rings. The van der Waals surface area contributed by atoms with Crippen LogP contribution in [0, 0.1) is 29.6 Å². The first-order valence-electron chi connectivity index (χ1n) is 6.09. The van der Waals surface area contributed by atoms with E-state index in [1.54, 1.807) is 0 Å². The highest BCUT2D eigenvalue weighted by atomic mass is 32.1. The van der Waals surface area contributed by atoms with Gasteiger partial charge in [0.15, 0.2) is 0 Å². The van der Waals surface area contributed by atoms with Crippen molar-refractivity contribution in [3.8, 4) is 6.07 Å². The minimum absolute atomic E-state index is 0.513. The zero-order valence-electron chi connectivity index (χ0n) is 10.3. The Kier molecular flexibility index (Phi) is 3.50. The monoisotopic (exact) mass is 250 g/mol. The molecule has 0 radical (unpaired) electrons. The Labute approximate surface area is 106 Å². The Morgan fingerprint density at radius 2 is 2.47 bits per heavy atom. The summed E-state index contributed by atoms with van der Waals surface area (Å²) in [7, 11) is 0. The van der Waals surface area contributed by atoms with Crippen LogP contribution in [0.25, 0.3) is 0 Å². The molecule has 17 heavy (non-hydrogen) atoms. The normalized spacial score (nSPS) is 30.8. The second-order valence-electron chi connectivity index (χ2n) is 5.20. The molecule has 2 rings (SSSR count). The van der Waals surface area contributed by atoms with E-state index in [1.165, 1.54) is 11.3 Å². The predicted octanol–water partition coefficient (Wildman–Crippen LogP) is 3.21. The average molecular weight is 250 g/mol. The molecular formula is C13H18N2OS. The molecule has 4 heteroatoms. The third kappa shape index (κ3) is 2.36. The van der Waals surface area contributed by atoms with Crippen LogP contribution in [-0.4, -0.2) is 10.1 Å². The number of aliphatic hydroxyl groups is 1. The van der Waals surface area contributed by atoms with Crippen molar-refractivity contribution in [2.75, 3.05) is 0 Å². The third-order valence-corrected chi connectivity index (χ3v) is 4.66. The molecule has 3 nitrogen and oxygen atoms in total. The number of rotatable bonds is 2. The first kappa shape index (κ1) is 12.5. The standard InChI is InChI=1S/C13H18N2OS/c1-9-4-3-5-13(6-9,8-14)11(16)12-15-10(2)7-17-12/h7,9,11,16H,3-6H2,1-2H3. The lowest BCUT2D eigenvalue weighted by atomic mass is 9.68. The fourth-order valence-electron chi connectivity index (χ4n) is 2.74. The van der Waals surface area contributed by atoms with Crippen LogP contribution in [0.5, 0.6) is 0 Å². The number of aromatic nitrogens is 1. The van der Waals surface area contributed by atoms with E-state index in [1.807, 2.05) is 12.3 Å². The van der Waals surface area contributed by atoms with Gasteiger partial charge in [-0.2, -0.15) is 5.26 Å². The van der Waals surface area contributed by atoms with Crippen LogP contribution < -0.4 is 0 Å². The van der Waals surface area contributed by atoms with Crippen molar-refractivity contribution in [3.63, 3.8) is 0 Å². The van der Waals surface area contributed by atoms with Gasteiger partial charge in [0.2, 0.25) is 0 Å². The molecule has 3 atom stereocenters. The lowest BCUT2D eigenvalue weighted by Crippen LogP contribution is -2.32. The Bertz CT molecular complexity index is 437. The summed E-state index contributed by atoms with van der Waals surface area (Å²) in [6, 6.07) is 2.37. The molecule has 0 amide bonds. The first-order valence-corrected chi connectivity index (χ1v) is 6.97. The van der Waals surface area contributed by atoms with E-state index in [9.17, 15) is 10.4 Å². The van der Waals surface area contributed by atoms with Crippen LogP contribution in [0.2, 0.25) is 0 Å². The van der Waals surface area contributed by atoms with Gasteiger partial charge in [-0.15, -0.1) is 11.3 Å². The molecule has 3 unspecified atom stereocenters. The van der Waals surface area contributed by atoms with Crippen LogP contribution in [0.15, 0.2) is 5.38 Å². The maximum absolute atomic E-state index is 10.5. The second kappa shape index (κ2) is 4.75. The van der Waals surface area contributed by atoms with Gasteiger partial charge in [0.25, 0.3) is 0 Å². The van der Waals surface area contributed by atoms with Crippen molar-refractivity contribution in [2.45, 2.75) is 45.6 Å². The van der Waals surface area contributed by atoms with Crippen LogP contribution in [-0.2, 0) is 0 Å². The molecule has 1 aliphatic rings. The summed E-state index contributed by atoms with van der Waals surface area (Å²) in [4.78, 5) is 4.32. The Hall–Kier alpha value is -0.920. The van der Waals surface area contributed by atoms with Crippen molar-refractivity contribution in [3.05, 3.63) is 16.1 Å². The Morgan fingerprint density at radius 1 is 1.71 bits per heavy atom. The highest BCUT2D eigenvalue weighted by molar-refractivity contribution is 7.09. The molecule has 0 aromatic carbocycles. The van der Waals surface area contributed by atoms with E-state index in [0.29, 0.717) is 10.9 Å². The summed E-state index contributed by atoms with van der Waals surface area (Å²) >= 11 is 1.45. The van der Waals surface area contributed by atoms with Gasteiger partial charge in [-0.3, -0.25) is 0 Å². The number of thiazole rings is 1. The average Bonchev–Trinajstić information content (AvgIpc) is 2.74. The van der Waals surface area contributed by atoms with Gasteiger partial charge < -0.3 is 5.11 Å². The smallest absolute Gasteiger partial charge is 0.124 e. The van der Waals surface area contributed by atoms with Crippen molar-refractivity contribution < 1.29 is 5.11 Å².